The molecule has 1 fully saturated rings. The van der Waals surface area contributed by atoms with Crippen molar-refractivity contribution in [2.75, 3.05) is 0 Å². The van der Waals surface area contributed by atoms with Crippen molar-refractivity contribution in [1.82, 2.24) is 5.32 Å². The Morgan fingerprint density at radius 2 is 1.70 bits per heavy atom. The van der Waals surface area contributed by atoms with Crippen LogP contribution < -0.4 is 5.32 Å². The van der Waals surface area contributed by atoms with Gasteiger partial charge in [-0.25, -0.2) is 0 Å². The summed E-state index contributed by atoms with van der Waals surface area (Å²) in [5.41, 5.74) is 1.95. The van der Waals surface area contributed by atoms with Crippen LogP contribution in [0, 0.1) is 6.92 Å². The van der Waals surface area contributed by atoms with Gasteiger partial charge in [-0.3, -0.25) is 4.18 Å². The Hall–Kier alpha value is -1.77. The number of nitrogens with one attached hydrogen (secondary N) is 1. The standard InChI is InChI=1S/C20H25NO5S/c1-14-7-9-16(10-8-14)27(24,25)26-18-12-11-17(22)19(20(18)23)21-13-15-5-3-2-4-6-15/h2-10,17-23H,11-13H2,1H3/t17-,18+,19+,20-/m1/s1. The lowest BCUT2D eigenvalue weighted by atomic mass is 9.87. The highest BCUT2D eigenvalue weighted by Gasteiger charge is 2.40. The van der Waals surface area contributed by atoms with Gasteiger partial charge in [0, 0.05) is 6.54 Å². The minimum atomic E-state index is -3.99. The molecule has 4 atom stereocenters. The molecule has 0 aromatic heterocycles. The van der Waals surface area contributed by atoms with E-state index in [4.69, 9.17) is 4.18 Å². The third-order valence-corrected chi connectivity index (χ3v) is 6.21. The highest BCUT2D eigenvalue weighted by atomic mass is 32.2. The number of aliphatic hydroxyl groups is 2. The van der Waals surface area contributed by atoms with Crippen LogP contribution in [0.5, 0.6) is 0 Å². The summed E-state index contributed by atoms with van der Waals surface area (Å²) in [6.45, 7) is 2.32. The first-order valence-corrected chi connectivity index (χ1v) is 10.4. The number of hydrogen-bond donors (Lipinski definition) is 3. The van der Waals surface area contributed by atoms with Gasteiger partial charge in [0.1, 0.15) is 6.10 Å². The molecule has 0 saturated heterocycles. The summed E-state index contributed by atoms with van der Waals surface area (Å²) in [6.07, 6.45) is -2.22. The lowest BCUT2D eigenvalue weighted by Crippen LogP contribution is -2.57. The summed E-state index contributed by atoms with van der Waals surface area (Å²) >= 11 is 0. The normalized spacial score (nSPS) is 26.0. The fourth-order valence-corrected chi connectivity index (χ4v) is 4.38. The highest BCUT2D eigenvalue weighted by Crippen LogP contribution is 2.26. The van der Waals surface area contributed by atoms with Crippen LogP contribution in [0.1, 0.15) is 24.0 Å². The van der Waals surface area contributed by atoms with Crippen molar-refractivity contribution in [2.24, 2.45) is 0 Å². The van der Waals surface area contributed by atoms with Crippen LogP contribution in [-0.2, 0) is 20.8 Å². The van der Waals surface area contributed by atoms with Gasteiger partial charge >= 0.3 is 0 Å². The van der Waals surface area contributed by atoms with Crippen LogP contribution in [-0.4, -0.2) is 43.0 Å². The summed E-state index contributed by atoms with van der Waals surface area (Å²) in [5, 5.41) is 24.0. The molecule has 2 aromatic carbocycles. The lowest BCUT2D eigenvalue weighted by Gasteiger charge is -2.38. The van der Waals surface area contributed by atoms with Gasteiger partial charge in [-0.15, -0.1) is 0 Å². The van der Waals surface area contributed by atoms with Crippen LogP contribution in [0.25, 0.3) is 0 Å². The molecule has 1 aliphatic carbocycles. The summed E-state index contributed by atoms with van der Waals surface area (Å²) in [5.74, 6) is 0. The molecule has 0 spiro atoms. The smallest absolute Gasteiger partial charge is 0.297 e. The molecule has 2 aromatic rings. The first kappa shape index (κ1) is 20.0. The molecule has 0 bridgehead atoms. The Balaban J connectivity index is 1.68. The van der Waals surface area contributed by atoms with Crippen molar-refractivity contribution in [3.05, 3.63) is 65.7 Å². The Bertz CT molecular complexity index is 838. The molecule has 1 aliphatic rings. The van der Waals surface area contributed by atoms with Crippen molar-refractivity contribution in [1.29, 1.82) is 0 Å². The van der Waals surface area contributed by atoms with E-state index in [0.29, 0.717) is 13.0 Å². The predicted octanol–water partition coefficient (Wildman–Crippen LogP) is 1.74. The lowest BCUT2D eigenvalue weighted by molar-refractivity contribution is -0.0633. The molecule has 0 unspecified atom stereocenters. The van der Waals surface area contributed by atoms with Gasteiger partial charge in [0.25, 0.3) is 10.1 Å². The maximum atomic E-state index is 12.5. The Morgan fingerprint density at radius 3 is 2.37 bits per heavy atom. The summed E-state index contributed by atoms with van der Waals surface area (Å²) in [4.78, 5) is 0.0558. The highest BCUT2D eigenvalue weighted by molar-refractivity contribution is 7.86. The number of aliphatic hydroxyl groups excluding tert-OH is 2. The molecule has 146 valence electrons. The van der Waals surface area contributed by atoms with Gasteiger partial charge in [0.2, 0.25) is 0 Å². The number of aryl methyl sites for hydroxylation is 1. The maximum Gasteiger partial charge on any atom is 0.297 e. The first-order chi connectivity index (χ1) is 12.9. The average Bonchev–Trinajstić information content (AvgIpc) is 2.65. The fraction of sp³-hybridized carbons (Fsp3) is 0.400. The van der Waals surface area contributed by atoms with E-state index in [2.05, 4.69) is 5.32 Å². The van der Waals surface area contributed by atoms with E-state index in [-0.39, 0.29) is 11.3 Å². The second kappa shape index (κ2) is 8.50. The van der Waals surface area contributed by atoms with Crippen LogP contribution in [0.2, 0.25) is 0 Å². The molecule has 3 N–H and O–H groups in total. The van der Waals surface area contributed by atoms with Crippen LogP contribution in [0.4, 0.5) is 0 Å². The Kier molecular flexibility index (Phi) is 6.29. The Labute approximate surface area is 159 Å². The van der Waals surface area contributed by atoms with Crippen molar-refractivity contribution < 1.29 is 22.8 Å². The van der Waals surface area contributed by atoms with Crippen molar-refractivity contribution in [3.8, 4) is 0 Å². The zero-order valence-corrected chi connectivity index (χ0v) is 16.0. The molecule has 6 nitrogen and oxygen atoms in total. The van der Waals surface area contributed by atoms with E-state index < -0.39 is 34.5 Å². The molecule has 0 radical (unpaired) electrons. The second-order valence-corrected chi connectivity index (χ2v) is 8.50. The van der Waals surface area contributed by atoms with E-state index in [0.717, 1.165) is 11.1 Å². The molecule has 0 amide bonds. The number of rotatable bonds is 6. The van der Waals surface area contributed by atoms with Gasteiger partial charge in [0.05, 0.1) is 23.1 Å². The minimum Gasteiger partial charge on any atom is -0.391 e. The van der Waals surface area contributed by atoms with Gasteiger partial charge in [0.15, 0.2) is 0 Å². The molecular weight excluding hydrogens is 366 g/mol. The van der Waals surface area contributed by atoms with Gasteiger partial charge in [-0.05, 0) is 37.5 Å². The SMILES string of the molecule is Cc1ccc(S(=O)(=O)O[C@H]2CC[C@@H](O)[C@H](NCc3ccccc3)[C@@H]2O)cc1. The Morgan fingerprint density at radius 1 is 1.04 bits per heavy atom. The van der Waals surface area contributed by atoms with Crippen LogP contribution in [0.15, 0.2) is 59.5 Å². The monoisotopic (exact) mass is 391 g/mol. The number of hydrogen-bond acceptors (Lipinski definition) is 6. The van der Waals surface area contributed by atoms with E-state index >= 15 is 0 Å². The summed E-state index contributed by atoms with van der Waals surface area (Å²) in [6, 6.07) is 15.3. The minimum absolute atomic E-state index is 0.0558. The maximum absolute atomic E-state index is 12.5. The average molecular weight is 391 g/mol. The zero-order valence-electron chi connectivity index (χ0n) is 15.2. The second-order valence-electron chi connectivity index (χ2n) is 6.93. The van der Waals surface area contributed by atoms with Crippen molar-refractivity contribution in [2.45, 2.75) is 55.6 Å². The van der Waals surface area contributed by atoms with Gasteiger partial charge < -0.3 is 15.5 Å². The van der Waals surface area contributed by atoms with E-state index in [1.807, 2.05) is 37.3 Å². The summed E-state index contributed by atoms with van der Waals surface area (Å²) in [7, 11) is -3.99. The summed E-state index contributed by atoms with van der Waals surface area (Å²) < 4.78 is 30.3. The van der Waals surface area contributed by atoms with Crippen molar-refractivity contribution >= 4 is 10.1 Å². The predicted molar refractivity (Wildman–Crippen MR) is 102 cm³/mol. The third kappa shape index (κ3) is 4.94. The van der Waals surface area contributed by atoms with Crippen LogP contribution >= 0.6 is 0 Å². The van der Waals surface area contributed by atoms with E-state index in [1.54, 1.807) is 12.1 Å². The molecular formula is C20H25NO5S. The molecule has 27 heavy (non-hydrogen) atoms. The van der Waals surface area contributed by atoms with E-state index in [1.165, 1.54) is 12.1 Å². The van der Waals surface area contributed by atoms with Crippen LogP contribution in [0.3, 0.4) is 0 Å². The topological polar surface area (TPSA) is 95.9 Å². The molecule has 0 aliphatic heterocycles. The largest absolute Gasteiger partial charge is 0.391 e. The fourth-order valence-electron chi connectivity index (χ4n) is 3.26. The third-order valence-electron chi connectivity index (χ3n) is 4.85. The molecule has 1 saturated carbocycles. The zero-order chi connectivity index (χ0) is 19.4. The molecule has 0 heterocycles. The van der Waals surface area contributed by atoms with E-state index in [9.17, 15) is 18.6 Å². The van der Waals surface area contributed by atoms with Gasteiger partial charge in [-0.1, -0.05) is 48.0 Å². The molecule has 3 rings (SSSR count). The number of benzene rings is 2. The van der Waals surface area contributed by atoms with Crippen molar-refractivity contribution in [3.63, 3.8) is 0 Å². The van der Waals surface area contributed by atoms with Gasteiger partial charge in [-0.2, -0.15) is 8.42 Å². The molecule has 7 heteroatoms. The first-order valence-electron chi connectivity index (χ1n) is 9.00. The quantitative estimate of drug-likeness (QED) is 0.649.